The Hall–Kier alpha value is -9.52. The van der Waals surface area contributed by atoms with Gasteiger partial charge < -0.3 is 23.2 Å². The molecule has 6 heteroatoms. The third-order valence-electron chi connectivity index (χ3n) is 19.1. The van der Waals surface area contributed by atoms with Gasteiger partial charge >= 0.3 is 0 Å². The molecule has 0 amide bonds. The fourth-order valence-electron chi connectivity index (χ4n) is 15.2. The molecule has 0 spiro atoms. The van der Waals surface area contributed by atoms with Crippen LogP contribution in [0.3, 0.4) is 0 Å². The lowest BCUT2D eigenvalue weighted by Gasteiger charge is -2.46. The number of fused-ring (bicyclic) bond motifs is 13. The van der Waals surface area contributed by atoms with Crippen LogP contribution in [0.2, 0.25) is 0 Å². The summed E-state index contributed by atoms with van der Waals surface area (Å²) in [5.41, 5.74) is 32.7. The highest BCUT2D eigenvalue weighted by Gasteiger charge is 2.46. The maximum atomic E-state index is 6.50. The van der Waals surface area contributed by atoms with Gasteiger partial charge in [-0.3, -0.25) is 0 Å². The van der Waals surface area contributed by atoms with E-state index < -0.39 is 0 Å². The zero-order chi connectivity index (χ0) is 59.0. The van der Waals surface area contributed by atoms with Crippen LogP contribution in [-0.4, -0.2) is 11.3 Å². The Balaban J connectivity index is 1.01. The van der Waals surface area contributed by atoms with E-state index >= 15 is 0 Å². The fraction of sp³-hybridized carbons (Fsp3) is 0.175. The van der Waals surface area contributed by atoms with Gasteiger partial charge in [0.15, 0.2) is 0 Å². The summed E-state index contributed by atoms with van der Waals surface area (Å²) in [6.45, 7) is 27.9. The molecule has 0 bridgehead atoms. The first-order valence-corrected chi connectivity index (χ1v) is 30.5. The number of aromatic nitrogens is 1. The van der Waals surface area contributed by atoms with Gasteiger partial charge in [-0.15, -0.1) is 0 Å². The second-order valence-electron chi connectivity index (χ2n) is 26.8. The van der Waals surface area contributed by atoms with E-state index in [0.717, 1.165) is 43.9 Å². The summed E-state index contributed by atoms with van der Waals surface area (Å²) in [5.74, 6) is 0. The number of nitrogens with zero attached hydrogens (tertiary/aromatic N) is 3. The monoisotopic (exact) mass is 1110 g/mol. The Kier molecular flexibility index (Phi) is 11.2. The van der Waals surface area contributed by atoms with E-state index in [9.17, 15) is 0 Å². The van der Waals surface area contributed by atoms with Gasteiger partial charge in [-0.25, -0.2) is 0 Å². The number of furan rings is 2. The van der Waals surface area contributed by atoms with E-state index in [1.807, 2.05) is 0 Å². The molecule has 0 fully saturated rings. The molecule has 14 aromatic rings. The van der Waals surface area contributed by atoms with E-state index in [0.29, 0.717) is 0 Å². The van der Waals surface area contributed by atoms with Crippen LogP contribution in [0.5, 0.6) is 0 Å². The van der Waals surface area contributed by atoms with Crippen molar-refractivity contribution in [1.82, 2.24) is 4.57 Å². The lowest BCUT2D eigenvalue weighted by molar-refractivity contribution is 0.590. The van der Waals surface area contributed by atoms with Gasteiger partial charge in [0.2, 0.25) is 0 Å². The van der Waals surface area contributed by atoms with Crippen LogP contribution in [0.1, 0.15) is 86.1 Å². The first-order valence-electron chi connectivity index (χ1n) is 30.5. The van der Waals surface area contributed by atoms with E-state index in [2.05, 4.69) is 292 Å². The molecule has 5 nitrogen and oxygen atoms in total. The topological polar surface area (TPSA) is 37.7 Å². The maximum Gasteiger partial charge on any atom is 0.252 e. The first-order chi connectivity index (χ1) is 41.4. The second kappa shape index (κ2) is 18.5. The maximum absolute atomic E-state index is 6.50. The van der Waals surface area contributed by atoms with Gasteiger partial charge in [0, 0.05) is 55.1 Å². The number of anilines is 6. The van der Waals surface area contributed by atoms with Crippen molar-refractivity contribution in [2.45, 2.75) is 93.9 Å². The van der Waals surface area contributed by atoms with Crippen molar-refractivity contribution in [3.8, 4) is 27.9 Å². The molecule has 0 unspecified atom stereocenters. The minimum Gasteiger partial charge on any atom is -0.456 e. The summed E-state index contributed by atoms with van der Waals surface area (Å²) in [7, 11) is 0. The van der Waals surface area contributed by atoms with Crippen LogP contribution in [0.4, 0.5) is 34.1 Å². The van der Waals surface area contributed by atoms with E-state index in [1.54, 1.807) is 0 Å². The summed E-state index contributed by atoms with van der Waals surface area (Å²) in [4.78, 5) is 5.35. The minimum absolute atomic E-state index is 0.106. The van der Waals surface area contributed by atoms with Crippen LogP contribution in [-0.2, 0) is 10.8 Å². The molecule has 3 aromatic heterocycles. The van der Waals surface area contributed by atoms with E-state index in [1.165, 1.54) is 145 Å². The molecule has 0 saturated heterocycles. The third kappa shape index (κ3) is 7.57. The van der Waals surface area contributed by atoms with Crippen molar-refractivity contribution in [1.29, 1.82) is 0 Å². The quantitative estimate of drug-likeness (QED) is 0.161. The van der Waals surface area contributed by atoms with Crippen LogP contribution in [0.15, 0.2) is 203 Å². The SMILES string of the molecule is Cc1cc(-c2cccc3oc4ccccc4c23)cc(C)c1N1c2cc(C(C)(C)C)ccc2B2c3cc4c5ccccc5n(-c5c(C)cccc5C)c4cc3N(c3c(C)cc(-c4cccc5oc6ccccc6c45)cc3C)c3cc(C(C)(C)C)cc1c32. The fourth-order valence-corrected chi connectivity index (χ4v) is 15.2. The molecule has 2 aliphatic rings. The number of aryl methyl sites for hydroxylation is 6. The van der Waals surface area contributed by atoms with E-state index in [-0.39, 0.29) is 17.5 Å². The highest BCUT2D eigenvalue weighted by atomic mass is 16.3. The van der Waals surface area contributed by atoms with Crippen LogP contribution >= 0.6 is 0 Å². The molecule has 0 aliphatic carbocycles. The van der Waals surface area contributed by atoms with Crippen molar-refractivity contribution in [2.24, 2.45) is 0 Å². The molecular formula is C80H68BN3O2. The molecular weight excluding hydrogens is 1050 g/mol. The predicted molar refractivity (Wildman–Crippen MR) is 366 cm³/mol. The highest BCUT2D eigenvalue weighted by Crippen LogP contribution is 2.52. The number of benzene rings is 11. The number of hydrogen-bond acceptors (Lipinski definition) is 4. The normalized spacial score (nSPS) is 13.3. The van der Waals surface area contributed by atoms with Gasteiger partial charge in [-0.1, -0.05) is 157 Å². The summed E-state index contributed by atoms with van der Waals surface area (Å²) >= 11 is 0. The van der Waals surface area contributed by atoms with Gasteiger partial charge in [0.25, 0.3) is 6.71 Å². The van der Waals surface area contributed by atoms with Crippen LogP contribution in [0, 0.1) is 41.5 Å². The summed E-state index contributed by atoms with van der Waals surface area (Å²) in [5, 5.41) is 7.06. The Labute approximate surface area is 503 Å². The van der Waals surface area contributed by atoms with Crippen molar-refractivity contribution in [2.75, 3.05) is 9.80 Å². The molecule has 418 valence electrons. The molecule has 2 aliphatic heterocycles. The lowest BCUT2D eigenvalue weighted by Crippen LogP contribution is -2.61. The summed E-state index contributed by atoms with van der Waals surface area (Å²) in [6, 6.07) is 73.0. The van der Waals surface area contributed by atoms with Crippen molar-refractivity contribution >= 4 is 123 Å². The van der Waals surface area contributed by atoms with Gasteiger partial charge in [0.1, 0.15) is 22.3 Å². The predicted octanol–water partition coefficient (Wildman–Crippen LogP) is 20.4. The Morgan fingerprint density at radius 3 is 1.31 bits per heavy atom. The van der Waals surface area contributed by atoms with Crippen molar-refractivity contribution < 1.29 is 8.83 Å². The Bertz CT molecular complexity index is 5180. The smallest absolute Gasteiger partial charge is 0.252 e. The van der Waals surface area contributed by atoms with Crippen molar-refractivity contribution in [3.05, 3.63) is 239 Å². The number of rotatable bonds is 5. The molecule has 0 radical (unpaired) electrons. The average molecular weight is 1110 g/mol. The second-order valence-corrected chi connectivity index (χ2v) is 26.8. The zero-order valence-corrected chi connectivity index (χ0v) is 51.2. The molecule has 11 aromatic carbocycles. The van der Waals surface area contributed by atoms with Gasteiger partial charge in [-0.05, 0) is 214 Å². The van der Waals surface area contributed by atoms with Gasteiger partial charge in [0.05, 0.1) is 28.1 Å². The standard InChI is InChI=1S/C80H68BN3O2/c1-45-22-19-23-46(2)76(45)82-63-29-16-13-24-57(63)60-43-62-66(44-64(60)82)84(78-49(5)38-52(39-50(78)6)56-28-21-33-72-74(56)59-26-15-18-31-70(59)86-72)68-42-54(80(10,11)12)41-67-75(68)81(62)61-35-34-53(79(7,8)9)40-65(61)83(67)77-47(3)36-51(37-48(77)4)55-27-20-32-71-73(55)58-25-14-17-30-69(58)85-71/h13-44H,1-12H3. The Morgan fingerprint density at radius 1 is 0.337 bits per heavy atom. The van der Waals surface area contributed by atoms with Crippen LogP contribution in [0.25, 0.3) is 93.6 Å². The third-order valence-corrected chi connectivity index (χ3v) is 19.1. The zero-order valence-electron chi connectivity index (χ0n) is 51.2. The van der Waals surface area contributed by atoms with Crippen molar-refractivity contribution in [3.63, 3.8) is 0 Å². The number of para-hydroxylation sites is 4. The average Bonchev–Trinajstić information content (AvgIpc) is 0.823. The molecule has 0 atom stereocenters. The molecule has 0 saturated carbocycles. The lowest BCUT2D eigenvalue weighted by atomic mass is 9.33. The van der Waals surface area contributed by atoms with Crippen LogP contribution < -0.4 is 26.2 Å². The Morgan fingerprint density at radius 2 is 0.791 bits per heavy atom. The largest absolute Gasteiger partial charge is 0.456 e. The first kappa shape index (κ1) is 52.1. The molecule has 5 heterocycles. The molecule has 16 rings (SSSR count). The summed E-state index contributed by atoms with van der Waals surface area (Å²) in [6.07, 6.45) is 0. The minimum atomic E-state index is -0.217. The van der Waals surface area contributed by atoms with Gasteiger partial charge in [-0.2, -0.15) is 0 Å². The number of hydrogen-bond donors (Lipinski definition) is 0. The highest BCUT2D eigenvalue weighted by molar-refractivity contribution is 7.00. The van der Waals surface area contributed by atoms with E-state index in [4.69, 9.17) is 8.83 Å². The molecule has 0 N–H and O–H groups in total. The molecule has 86 heavy (non-hydrogen) atoms. The summed E-state index contributed by atoms with van der Waals surface area (Å²) < 4.78 is 15.5.